The fourth-order valence-electron chi connectivity index (χ4n) is 2.65. The second kappa shape index (κ2) is 12.5. The SMILES string of the molecule is COc1ccc(C(=O)NNC(=O)COC(=O)c2cc(Cl)c(OCC(C)C)c(OC)c2)cc1OC. The van der Waals surface area contributed by atoms with Gasteiger partial charge in [-0.25, -0.2) is 4.79 Å². The van der Waals surface area contributed by atoms with Crippen LogP contribution in [0, 0.1) is 5.92 Å². The topological polar surface area (TPSA) is 121 Å². The molecule has 0 atom stereocenters. The van der Waals surface area contributed by atoms with E-state index >= 15 is 0 Å². The van der Waals surface area contributed by atoms with Crippen LogP contribution in [0.1, 0.15) is 34.6 Å². The third-order valence-corrected chi connectivity index (χ3v) is 4.60. The van der Waals surface area contributed by atoms with Gasteiger partial charge in [-0.05, 0) is 36.2 Å². The normalized spacial score (nSPS) is 10.3. The lowest BCUT2D eigenvalue weighted by Crippen LogP contribution is -2.43. The summed E-state index contributed by atoms with van der Waals surface area (Å²) in [5.74, 6) is -0.535. The second-order valence-electron chi connectivity index (χ2n) is 7.34. The Bertz CT molecular complexity index is 1040. The number of rotatable bonds is 10. The van der Waals surface area contributed by atoms with Crippen LogP contribution in [0.2, 0.25) is 5.02 Å². The quantitative estimate of drug-likeness (QED) is 0.382. The maximum atomic E-state index is 12.4. The number of carbonyl (C=O) groups excluding carboxylic acids is 3. The standard InChI is InChI=1S/C23H27ClN2O8/c1-13(2)11-33-21-16(24)8-15(10-19(21)32-5)23(29)34-12-20(27)25-26-22(28)14-6-7-17(30-3)18(9-14)31-4/h6-10,13H,11-12H2,1-5H3,(H,25,27)(H,26,28). The molecule has 0 radical (unpaired) electrons. The van der Waals surface area contributed by atoms with Gasteiger partial charge in [0.15, 0.2) is 29.6 Å². The number of hydrogen-bond donors (Lipinski definition) is 2. The van der Waals surface area contributed by atoms with Gasteiger partial charge in [0.2, 0.25) is 0 Å². The zero-order valence-corrected chi connectivity index (χ0v) is 20.3. The number of hydrazine groups is 1. The monoisotopic (exact) mass is 494 g/mol. The minimum atomic E-state index is -0.808. The van der Waals surface area contributed by atoms with Gasteiger partial charge in [-0.2, -0.15) is 0 Å². The predicted molar refractivity (Wildman–Crippen MR) is 124 cm³/mol. The molecule has 0 aliphatic heterocycles. The van der Waals surface area contributed by atoms with Crippen LogP contribution in [0.3, 0.4) is 0 Å². The average molecular weight is 495 g/mol. The molecule has 2 N–H and O–H groups in total. The number of ether oxygens (including phenoxy) is 5. The third kappa shape index (κ3) is 7.17. The molecule has 2 rings (SSSR count). The van der Waals surface area contributed by atoms with E-state index in [4.69, 9.17) is 35.3 Å². The highest BCUT2D eigenvalue weighted by Gasteiger charge is 2.18. The Morgan fingerprint density at radius 1 is 0.882 bits per heavy atom. The van der Waals surface area contributed by atoms with E-state index in [1.165, 1.54) is 45.6 Å². The van der Waals surface area contributed by atoms with E-state index in [0.29, 0.717) is 23.9 Å². The van der Waals surface area contributed by atoms with Gasteiger partial charge in [0.1, 0.15) is 0 Å². The molecule has 2 amide bonds. The molecular formula is C23H27ClN2O8. The van der Waals surface area contributed by atoms with Crippen molar-refractivity contribution >= 4 is 29.4 Å². The number of amides is 2. The van der Waals surface area contributed by atoms with E-state index in [1.807, 2.05) is 13.8 Å². The number of benzene rings is 2. The molecule has 2 aromatic carbocycles. The molecule has 0 fully saturated rings. The fraction of sp³-hybridized carbons (Fsp3) is 0.348. The number of halogens is 1. The van der Waals surface area contributed by atoms with Crippen molar-refractivity contribution in [2.45, 2.75) is 13.8 Å². The number of carbonyl (C=O) groups is 3. The van der Waals surface area contributed by atoms with Crippen LogP contribution in [-0.4, -0.2) is 52.3 Å². The van der Waals surface area contributed by atoms with Gasteiger partial charge in [-0.1, -0.05) is 25.4 Å². The molecule has 0 aliphatic rings. The highest BCUT2D eigenvalue weighted by molar-refractivity contribution is 6.32. The molecule has 0 bridgehead atoms. The van der Waals surface area contributed by atoms with Crippen LogP contribution in [0.25, 0.3) is 0 Å². The zero-order valence-electron chi connectivity index (χ0n) is 19.5. The summed E-state index contributed by atoms with van der Waals surface area (Å²) in [7, 11) is 4.32. The maximum absolute atomic E-state index is 12.4. The Labute approximate surface area is 202 Å². The van der Waals surface area contributed by atoms with Crippen molar-refractivity contribution in [2.75, 3.05) is 34.5 Å². The Kier molecular flexibility index (Phi) is 9.81. The average Bonchev–Trinajstić information content (AvgIpc) is 2.83. The lowest BCUT2D eigenvalue weighted by molar-refractivity contribution is -0.125. The first-order valence-corrected chi connectivity index (χ1v) is 10.6. The van der Waals surface area contributed by atoms with Gasteiger partial charge in [0, 0.05) is 5.56 Å². The lowest BCUT2D eigenvalue weighted by atomic mass is 10.2. The third-order valence-electron chi connectivity index (χ3n) is 4.32. The van der Waals surface area contributed by atoms with Gasteiger partial charge < -0.3 is 23.7 Å². The Morgan fingerprint density at radius 2 is 1.53 bits per heavy atom. The van der Waals surface area contributed by atoms with Gasteiger partial charge in [0.25, 0.3) is 11.8 Å². The summed E-state index contributed by atoms with van der Waals surface area (Å²) in [5, 5.41) is 0.165. The molecule has 0 saturated heterocycles. The largest absolute Gasteiger partial charge is 0.493 e. The first-order chi connectivity index (χ1) is 16.2. The van der Waals surface area contributed by atoms with Crippen molar-refractivity contribution in [2.24, 2.45) is 5.92 Å². The molecular weight excluding hydrogens is 468 g/mol. The van der Waals surface area contributed by atoms with Crippen LogP contribution in [0.4, 0.5) is 0 Å². The second-order valence-corrected chi connectivity index (χ2v) is 7.75. The van der Waals surface area contributed by atoms with E-state index in [-0.39, 0.29) is 27.8 Å². The molecule has 184 valence electrons. The first-order valence-electron chi connectivity index (χ1n) is 10.2. The molecule has 0 spiro atoms. The van der Waals surface area contributed by atoms with Crippen molar-refractivity contribution in [1.82, 2.24) is 10.9 Å². The smallest absolute Gasteiger partial charge is 0.338 e. The van der Waals surface area contributed by atoms with Crippen LogP contribution in [-0.2, 0) is 9.53 Å². The molecule has 34 heavy (non-hydrogen) atoms. The van der Waals surface area contributed by atoms with E-state index in [9.17, 15) is 14.4 Å². The van der Waals surface area contributed by atoms with Crippen molar-refractivity contribution in [3.8, 4) is 23.0 Å². The minimum absolute atomic E-state index is 0.0703. The van der Waals surface area contributed by atoms with Crippen molar-refractivity contribution in [3.63, 3.8) is 0 Å². The zero-order chi connectivity index (χ0) is 25.3. The van der Waals surface area contributed by atoms with Gasteiger partial charge >= 0.3 is 5.97 Å². The fourth-order valence-corrected chi connectivity index (χ4v) is 2.92. The van der Waals surface area contributed by atoms with E-state index < -0.39 is 24.4 Å². The number of nitrogens with one attached hydrogen (secondary N) is 2. The van der Waals surface area contributed by atoms with E-state index in [0.717, 1.165) is 0 Å². The lowest BCUT2D eigenvalue weighted by Gasteiger charge is -2.15. The van der Waals surface area contributed by atoms with Crippen molar-refractivity contribution in [3.05, 3.63) is 46.5 Å². The molecule has 0 aromatic heterocycles. The number of esters is 1. The molecule has 0 unspecified atom stereocenters. The Morgan fingerprint density at radius 3 is 2.15 bits per heavy atom. The molecule has 10 nitrogen and oxygen atoms in total. The van der Waals surface area contributed by atoms with Crippen molar-refractivity contribution < 1.29 is 38.1 Å². The molecule has 0 saturated carbocycles. The summed E-state index contributed by atoms with van der Waals surface area (Å²) in [6, 6.07) is 7.26. The summed E-state index contributed by atoms with van der Waals surface area (Å²) in [5.41, 5.74) is 4.68. The first kappa shape index (κ1) is 26.6. The van der Waals surface area contributed by atoms with E-state index in [2.05, 4.69) is 10.9 Å². The number of hydrogen-bond acceptors (Lipinski definition) is 8. The van der Waals surface area contributed by atoms with Crippen LogP contribution < -0.4 is 29.8 Å². The van der Waals surface area contributed by atoms with Crippen LogP contribution in [0.15, 0.2) is 30.3 Å². The van der Waals surface area contributed by atoms with Crippen LogP contribution in [0.5, 0.6) is 23.0 Å². The van der Waals surface area contributed by atoms with E-state index in [1.54, 1.807) is 6.07 Å². The van der Waals surface area contributed by atoms with Gasteiger partial charge in [-0.15, -0.1) is 0 Å². The molecule has 0 heterocycles. The molecule has 11 heteroatoms. The van der Waals surface area contributed by atoms with Crippen molar-refractivity contribution in [1.29, 1.82) is 0 Å². The molecule has 2 aromatic rings. The highest BCUT2D eigenvalue weighted by atomic mass is 35.5. The van der Waals surface area contributed by atoms with Crippen LogP contribution >= 0.6 is 11.6 Å². The minimum Gasteiger partial charge on any atom is -0.493 e. The summed E-state index contributed by atoms with van der Waals surface area (Å²) in [6.07, 6.45) is 0. The van der Waals surface area contributed by atoms with Gasteiger partial charge in [0.05, 0.1) is 38.5 Å². The summed E-state index contributed by atoms with van der Waals surface area (Å²) in [4.78, 5) is 36.6. The summed E-state index contributed by atoms with van der Waals surface area (Å²) < 4.78 is 26.1. The van der Waals surface area contributed by atoms with Gasteiger partial charge in [-0.3, -0.25) is 20.4 Å². The Hall–Kier alpha value is -3.66. The highest BCUT2D eigenvalue weighted by Crippen LogP contribution is 2.37. The predicted octanol–water partition coefficient (Wildman–Crippen LogP) is 3.02. The summed E-state index contributed by atoms with van der Waals surface area (Å²) in [6.45, 7) is 3.73. The maximum Gasteiger partial charge on any atom is 0.338 e. The summed E-state index contributed by atoms with van der Waals surface area (Å²) >= 11 is 6.23. The number of methoxy groups -OCH3 is 3. The molecule has 0 aliphatic carbocycles. The Balaban J connectivity index is 1.93.